The molecule has 1 aromatic rings. The van der Waals surface area contributed by atoms with Crippen molar-refractivity contribution in [1.29, 1.82) is 0 Å². The highest BCUT2D eigenvalue weighted by molar-refractivity contribution is 7.89. The van der Waals surface area contributed by atoms with Crippen LogP contribution in [0.5, 0.6) is 0 Å². The summed E-state index contributed by atoms with van der Waals surface area (Å²) in [7, 11) is -2.07. The van der Waals surface area contributed by atoms with Gasteiger partial charge in [0.15, 0.2) is 5.03 Å². The highest BCUT2D eigenvalue weighted by Crippen LogP contribution is 2.26. The molecule has 2 N–H and O–H groups in total. The van der Waals surface area contributed by atoms with Crippen molar-refractivity contribution in [1.82, 2.24) is 19.8 Å². The van der Waals surface area contributed by atoms with Crippen molar-refractivity contribution in [2.75, 3.05) is 19.6 Å². The quantitative estimate of drug-likeness (QED) is 0.860. The molecular weight excluding hydrogens is 288 g/mol. The predicted molar refractivity (Wildman–Crippen MR) is 73.6 cm³/mol. The fourth-order valence-corrected chi connectivity index (χ4v) is 4.16. The van der Waals surface area contributed by atoms with E-state index >= 15 is 0 Å². The zero-order valence-corrected chi connectivity index (χ0v) is 12.7. The second-order valence-corrected chi connectivity index (χ2v) is 7.43. The number of rotatable bonds is 4. The van der Waals surface area contributed by atoms with Gasteiger partial charge in [-0.2, -0.15) is 5.10 Å². The van der Waals surface area contributed by atoms with Crippen molar-refractivity contribution in [2.24, 2.45) is 12.5 Å². The molecule has 0 bridgehead atoms. The summed E-state index contributed by atoms with van der Waals surface area (Å²) in [5.41, 5.74) is -0.0591. The van der Waals surface area contributed by atoms with Gasteiger partial charge in [0.25, 0.3) is 10.0 Å². The molecule has 1 saturated heterocycles. The Morgan fingerprint density at radius 2 is 2.37 bits per heavy atom. The van der Waals surface area contributed by atoms with Gasteiger partial charge in [-0.3, -0.25) is 4.68 Å². The lowest BCUT2D eigenvalue weighted by atomic mass is 9.83. The van der Waals surface area contributed by atoms with E-state index in [2.05, 4.69) is 22.1 Å². The molecule has 6 nitrogen and oxygen atoms in total. The Bertz CT molecular complexity index is 530. The summed E-state index contributed by atoms with van der Waals surface area (Å²) in [5, 5.41) is 7.29. The van der Waals surface area contributed by atoms with Gasteiger partial charge in [-0.15, -0.1) is 0 Å². The maximum Gasteiger partial charge on any atom is 0.259 e. The van der Waals surface area contributed by atoms with Crippen LogP contribution in [0.25, 0.3) is 0 Å². The van der Waals surface area contributed by atoms with Crippen LogP contribution in [0.15, 0.2) is 11.2 Å². The molecule has 2 heterocycles. The Balaban J connectivity index is 2.10. The molecule has 108 valence electrons. The molecule has 8 heteroatoms. The minimum Gasteiger partial charge on any atom is -0.316 e. The monoisotopic (exact) mass is 306 g/mol. The lowest BCUT2D eigenvalue weighted by Gasteiger charge is -2.34. The summed E-state index contributed by atoms with van der Waals surface area (Å²) in [6.45, 7) is 4.28. The summed E-state index contributed by atoms with van der Waals surface area (Å²) >= 11 is 5.87. The largest absolute Gasteiger partial charge is 0.316 e. The Morgan fingerprint density at radius 3 is 2.89 bits per heavy atom. The van der Waals surface area contributed by atoms with E-state index < -0.39 is 10.0 Å². The van der Waals surface area contributed by atoms with Gasteiger partial charge in [0.1, 0.15) is 0 Å². The predicted octanol–water partition coefficient (Wildman–Crippen LogP) is 0.742. The molecule has 0 aliphatic carbocycles. The van der Waals surface area contributed by atoms with E-state index in [4.69, 9.17) is 11.6 Å². The molecule has 0 aromatic carbocycles. The summed E-state index contributed by atoms with van der Waals surface area (Å²) in [5.74, 6) is 0. The van der Waals surface area contributed by atoms with Crippen LogP contribution in [-0.4, -0.2) is 37.8 Å². The van der Waals surface area contributed by atoms with Gasteiger partial charge in [0.2, 0.25) is 0 Å². The number of hydrogen-bond donors (Lipinski definition) is 2. The Kier molecular flexibility index (Phi) is 4.20. The molecule has 0 radical (unpaired) electrons. The molecule has 1 atom stereocenters. The molecule has 0 saturated carbocycles. The molecule has 0 amide bonds. The number of piperidine rings is 1. The van der Waals surface area contributed by atoms with Crippen molar-refractivity contribution in [3.63, 3.8) is 0 Å². The minimum absolute atomic E-state index is 0.0153. The van der Waals surface area contributed by atoms with Crippen LogP contribution in [0.2, 0.25) is 5.02 Å². The molecule has 1 aromatic heterocycles. The first kappa shape index (κ1) is 14.8. The maximum absolute atomic E-state index is 12.2. The lowest BCUT2D eigenvalue weighted by molar-refractivity contribution is 0.238. The molecule has 1 fully saturated rings. The minimum atomic E-state index is -3.63. The summed E-state index contributed by atoms with van der Waals surface area (Å²) in [6.07, 6.45) is 3.40. The van der Waals surface area contributed by atoms with E-state index in [1.54, 1.807) is 7.05 Å². The fraction of sp³-hybridized carbons (Fsp3) is 0.727. The molecule has 1 aliphatic heterocycles. The zero-order chi connectivity index (χ0) is 14.1. The Morgan fingerprint density at radius 1 is 1.63 bits per heavy atom. The molecule has 0 spiro atoms. The van der Waals surface area contributed by atoms with Crippen LogP contribution in [0, 0.1) is 5.41 Å². The van der Waals surface area contributed by atoms with Crippen molar-refractivity contribution < 1.29 is 8.42 Å². The second-order valence-electron chi connectivity index (χ2n) is 5.34. The first-order valence-corrected chi connectivity index (χ1v) is 8.08. The van der Waals surface area contributed by atoms with Gasteiger partial charge >= 0.3 is 0 Å². The first-order chi connectivity index (χ1) is 8.84. The molecule has 2 rings (SSSR count). The smallest absolute Gasteiger partial charge is 0.259 e. The van der Waals surface area contributed by atoms with Crippen LogP contribution < -0.4 is 10.0 Å². The molecule has 1 aliphatic rings. The van der Waals surface area contributed by atoms with Gasteiger partial charge in [0.05, 0.1) is 11.2 Å². The standard InChI is InChI=1S/C11H19ClN4O2S/c1-11(4-3-5-13-7-11)8-15-19(17,18)10-9(12)6-14-16(10)2/h6,13,15H,3-5,7-8H2,1-2H3. The molecule has 1 unspecified atom stereocenters. The summed E-state index contributed by atoms with van der Waals surface area (Å²) in [6, 6.07) is 0. The average Bonchev–Trinajstić information content (AvgIpc) is 2.68. The molecular formula is C11H19ClN4O2S. The maximum atomic E-state index is 12.2. The molecule has 19 heavy (non-hydrogen) atoms. The number of hydrogen-bond acceptors (Lipinski definition) is 4. The van der Waals surface area contributed by atoms with Crippen molar-refractivity contribution in [3.05, 3.63) is 11.2 Å². The van der Waals surface area contributed by atoms with Crippen LogP contribution in [0.4, 0.5) is 0 Å². The van der Waals surface area contributed by atoms with E-state index in [9.17, 15) is 8.42 Å². The number of aromatic nitrogens is 2. The third-order valence-electron chi connectivity index (χ3n) is 3.47. The van der Waals surface area contributed by atoms with E-state index in [1.807, 2.05) is 0 Å². The highest BCUT2D eigenvalue weighted by atomic mass is 35.5. The van der Waals surface area contributed by atoms with Gasteiger partial charge < -0.3 is 5.32 Å². The fourth-order valence-electron chi connectivity index (χ4n) is 2.31. The van der Waals surface area contributed by atoms with Crippen LogP contribution in [0.1, 0.15) is 19.8 Å². The SMILES string of the molecule is Cn1ncc(Cl)c1S(=O)(=O)NCC1(C)CCCNC1. The van der Waals surface area contributed by atoms with Crippen molar-refractivity contribution in [2.45, 2.75) is 24.8 Å². The first-order valence-electron chi connectivity index (χ1n) is 6.22. The van der Waals surface area contributed by atoms with Crippen molar-refractivity contribution >= 4 is 21.6 Å². The van der Waals surface area contributed by atoms with Crippen LogP contribution in [0.3, 0.4) is 0 Å². The average molecular weight is 307 g/mol. The number of nitrogens with zero attached hydrogens (tertiary/aromatic N) is 2. The zero-order valence-electron chi connectivity index (χ0n) is 11.1. The Labute approximate surface area is 118 Å². The van der Waals surface area contributed by atoms with Crippen molar-refractivity contribution in [3.8, 4) is 0 Å². The van der Waals surface area contributed by atoms with E-state index in [-0.39, 0.29) is 15.5 Å². The van der Waals surface area contributed by atoms with Crippen LogP contribution >= 0.6 is 11.6 Å². The lowest BCUT2D eigenvalue weighted by Crippen LogP contribution is -2.45. The van der Waals surface area contributed by atoms with Gasteiger partial charge in [-0.25, -0.2) is 13.1 Å². The van der Waals surface area contributed by atoms with Gasteiger partial charge in [0, 0.05) is 20.1 Å². The third-order valence-corrected chi connectivity index (χ3v) is 5.38. The van der Waals surface area contributed by atoms with Gasteiger partial charge in [-0.1, -0.05) is 18.5 Å². The highest BCUT2D eigenvalue weighted by Gasteiger charge is 2.30. The van der Waals surface area contributed by atoms with E-state index in [1.165, 1.54) is 10.9 Å². The Hall–Kier alpha value is -0.630. The summed E-state index contributed by atoms with van der Waals surface area (Å²) < 4.78 is 28.4. The van der Waals surface area contributed by atoms with Gasteiger partial charge in [-0.05, 0) is 24.8 Å². The number of halogens is 1. The summed E-state index contributed by atoms with van der Waals surface area (Å²) in [4.78, 5) is 0. The third kappa shape index (κ3) is 3.28. The normalized spacial score (nSPS) is 24.6. The number of sulfonamides is 1. The number of aryl methyl sites for hydroxylation is 1. The van der Waals surface area contributed by atoms with E-state index in [0.29, 0.717) is 6.54 Å². The number of nitrogens with one attached hydrogen (secondary N) is 2. The topological polar surface area (TPSA) is 76.0 Å². The van der Waals surface area contributed by atoms with E-state index in [0.717, 1.165) is 25.9 Å². The van der Waals surface area contributed by atoms with Crippen LogP contribution in [-0.2, 0) is 17.1 Å². The second kappa shape index (κ2) is 5.40.